The van der Waals surface area contributed by atoms with Crippen LogP contribution < -0.4 is 10.6 Å². The Labute approximate surface area is 179 Å². The fourth-order valence-corrected chi connectivity index (χ4v) is 3.89. The third-order valence-electron chi connectivity index (χ3n) is 4.90. The molecule has 1 aromatic heterocycles. The number of rotatable bonds is 3. The molecule has 0 saturated carbocycles. The highest BCUT2D eigenvalue weighted by Crippen LogP contribution is 2.36. The Hall–Kier alpha value is -2.97. The number of H-pyrrole nitrogens is 1. The third-order valence-corrected chi connectivity index (χ3v) is 5.42. The zero-order valence-corrected chi connectivity index (χ0v) is 17.0. The summed E-state index contributed by atoms with van der Waals surface area (Å²) >= 11 is 11.8. The second-order valence-corrected chi connectivity index (χ2v) is 7.66. The number of carbonyl (C=O) groups is 2. The van der Waals surface area contributed by atoms with Gasteiger partial charge in [-0.05, 0) is 30.7 Å². The number of benzene rings is 2. The van der Waals surface area contributed by atoms with E-state index in [-0.39, 0.29) is 45.0 Å². The molecule has 6 nitrogen and oxygen atoms in total. The molecule has 1 atom stereocenters. The van der Waals surface area contributed by atoms with Crippen LogP contribution in [0.1, 0.15) is 24.8 Å². The average molecular weight is 451 g/mol. The molecule has 2 aromatic carbocycles. The van der Waals surface area contributed by atoms with E-state index in [2.05, 4.69) is 20.8 Å². The molecule has 0 aliphatic carbocycles. The molecular formula is C20H14Cl2F2N4O2. The summed E-state index contributed by atoms with van der Waals surface area (Å²) in [5.74, 6) is -3.25. The molecule has 0 fully saturated rings. The lowest BCUT2D eigenvalue weighted by Gasteiger charge is -2.27. The van der Waals surface area contributed by atoms with E-state index in [1.54, 1.807) is 0 Å². The summed E-state index contributed by atoms with van der Waals surface area (Å²) in [5.41, 5.74) is 0.701. The van der Waals surface area contributed by atoms with Crippen molar-refractivity contribution in [2.75, 3.05) is 5.32 Å². The van der Waals surface area contributed by atoms with Gasteiger partial charge in [0.15, 0.2) is 0 Å². The first-order chi connectivity index (χ1) is 14.2. The molecular weight excluding hydrogens is 437 g/mol. The second-order valence-electron chi connectivity index (χ2n) is 6.85. The van der Waals surface area contributed by atoms with E-state index in [0.29, 0.717) is 10.9 Å². The molecule has 1 unspecified atom stereocenters. The van der Waals surface area contributed by atoms with E-state index in [1.165, 1.54) is 25.1 Å². The van der Waals surface area contributed by atoms with Gasteiger partial charge < -0.3 is 10.6 Å². The molecule has 10 heteroatoms. The molecule has 1 aliphatic rings. The molecule has 3 N–H and O–H groups in total. The van der Waals surface area contributed by atoms with Gasteiger partial charge in [-0.3, -0.25) is 14.7 Å². The summed E-state index contributed by atoms with van der Waals surface area (Å²) in [5, 5.41) is 12.3. The van der Waals surface area contributed by atoms with Crippen LogP contribution in [0.15, 0.2) is 41.6 Å². The maximum absolute atomic E-state index is 14.5. The summed E-state index contributed by atoms with van der Waals surface area (Å²) in [6.07, 6.45) is -0.145. The fraction of sp³-hybridized carbons (Fsp3) is 0.150. The van der Waals surface area contributed by atoms with E-state index < -0.39 is 23.5 Å². The number of nitrogens with one attached hydrogen (secondary N) is 3. The van der Waals surface area contributed by atoms with Gasteiger partial charge in [0, 0.05) is 40.1 Å². The van der Waals surface area contributed by atoms with Crippen LogP contribution in [0.3, 0.4) is 0 Å². The van der Waals surface area contributed by atoms with Gasteiger partial charge in [0.1, 0.15) is 16.8 Å². The number of allylic oxidation sites excluding steroid dienone is 1. The number of nitrogens with zero attached hydrogens (tertiary/aromatic N) is 1. The summed E-state index contributed by atoms with van der Waals surface area (Å²) < 4.78 is 29.0. The van der Waals surface area contributed by atoms with Gasteiger partial charge in [-0.25, -0.2) is 8.78 Å². The maximum Gasteiger partial charge on any atom is 0.254 e. The standard InChI is InChI=1S/C20H14Cl2F2N4O2/c1-8-18(11(6-17(29)25-8)10-3-2-9(21)4-13(10)23)20(30)26-16-5-12-15(7-14(16)24)27-28-19(12)22/h2-5,7,11H,6H2,1H3,(H,25,29)(H,26,30)(H,27,28). The largest absolute Gasteiger partial charge is 0.330 e. The number of halogens is 4. The molecule has 4 rings (SSSR count). The average Bonchev–Trinajstić information content (AvgIpc) is 3.01. The van der Waals surface area contributed by atoms with E-state index in [4.69, 9.17) is 23.2 Å². The quantitative estimate of drug-likeness (QED) is 0.541. The van der Waals surface area contributed by atoms with Crippen molar-refractivity contribution in [1.29, 1.82) is 0 Å². The second kappa shape index (κ2) is 7.70. The van der Waals surface area contributed by atoms with Crippen LogP contribution in [-0.2, 0) is 9.59 Å². The lowest BCUT2D eigenvalue weighted by Crippen LogP contribution is -2.35. The first kappa shape index (κ1) is 20.3. The lowest BCUT2D eigenvalue weighted by molar-refractivity contribution is -0.121. The van der Waals surface area contributed by atoms with Gasteiger partial charge in [-0.15, -0.1) is 0 Å². The predicted molar refractivity (Wildman–Crippen MR) is 109 cm³/mol. The molecule has 0 radical (unpaired) electrons. The SMILES string of the molecule is CC1=C(C(=O)Nc2cc3c(Cl)[nH]nc3cc2F)C(c2ccc(Cl)cc2F)CC(=O)N1. The highest BCUT2D eigenvalue weighted by Gasteiger charge is 2.33. The Bertz CT molecular complexity index is 1240. The van der Waals surface area contributed by atoms with Crippen molar-refractivity contribution >= 4 is 51.6 Å². The first-order valence-electron chi connectivity index (χ1n) is 8.84. The number of carbonyl (C=O) groups excluding carboxylic acids is 2. The first-order valence-corrected chi connectivity index (χ1v) is 9.60. The van der Waals surface area contributed by atoms with Crippen molar-refractivity contribution in [1.82, 2.24) is 15.5 Å². The van der Waals surface area contributed by atoms with Crippen LogP contribution in [0, 0.1) is 11.6 Å². The summed E-state index contributed by atoms with van der Waals surface area (Å²) in [6.45, 7) is 1.53. The minimum Gasteiger partial charge on any atom is -0.330 e. The normalized spacial score (nSPS) is 16.7. The Kier molecular flexibility index (Phi) is 5.21. The molecule has 0 bridgehead atoms. The topological polar surface area (TPSA) is 86.9 Å². The van der Waals surface area contributed by atoms with Crippen LogP contribution in [-0.4, -0.2) is 22.0 Å². The molecule has 1 aliphatic heterocycles. The Morgan fingerprint density at radius 1 is 1.20 bits per heavy atom. The van der Waals surface area contributed by atoms with Gasteiger partial charge in [0.25, 0.3) is 5.91 Å². The van der Waals surface area contributed by atoms with Crippen LogP contribution in [0.4, 0.5) is 14.5 Å². The molecule has 3 aromatic rings. The van der Waals surface area contributed by atoms with Gasteiger partial charge in [0.05, 0.1) is 11.2 Å². The van der Waals surface area contributed by atoms with Crippen LogP contribution in [0.2, 0.25) is 10.2 Å². The van der Waals surface area contributed by atoms with Crippen LogP contribution in [0.5, 0.6) is 0 Å². The molecule has 2 amide bonds. The summed E-state index contributed by atoms with van der Waals surface area (Å²) in [4.78, 5) is 25.1. The van der Waals surface area contributed by atoms with Crippen molar-refractivity contribution < 1.29 is 18.4 Å². The maximum atomic E-state index is 14.5. The fourth-order valence-electron chi connectivity index (χ4n) is 3.54. The summed E-state index contributed by atoms with van der Waals surface area (Å²) in [6, 6.07) is 6.51. The van der Waals surface area contributed by atoms with E-state index in [9.17, 15) is 18.4 Å². The number of fused-ring (bicyclic) bond motifs is 1. The Balaban J connectivity index is 1.73. The summed E-state index contributed by atoms with van der Waals surface area (Å²) in [7, 11) is 0. The van der Waals surface area contributed by atoms with Crippen LogP contribution in [0.25, 0.3) is 10.9 Å². The van der Waals surface area contributed by atoms with E-state index in [0.717, 1.165) is 12.1 Å². The van der Waals surface area contributed by atoms with Crippen molar-refractivity contribution in [3.8, 4) is 0 Å². The highest BCUT2D eigenvalue weighted by molar-refractivity contribution is 6.34. The zero-order valence-electron chi connectivity index (χ0n) is 15.4. The van der Waals surface area contributed by atoms with E-state index in [1.807, 2.05) is 0 Å². The highest BCUT2D eigenvalue weighted by atomic mass is 35.5. The Morgan fingerprint density at radius 2 is 1.97 bits per heavy atom. The van der Waals surface area contributed by atoms with Crippen molar-refractivity contribution in [2.24, 2.45) is 0 Å². The molecule has 0 saturated heterocycles. The minimum absolute atomic E-state index is 0.119. The Morgan fingerprint density at radius 3 is 2.70 bits per heavy atom. The number of aromatic amines is 1. The van der Waals surface area contributed by atoms with Gasteiger partial charge in [0.2, 0.25) is 5.91 Å². The number of hydrogen-bond acceptors (Lipinski definition) is 3. The number of anilines is 1. The van der Waals surface area contributed by atoms with Gasteiger partial charge in [-0.2, -0.15) is 5.10 Å². The molecule has 2 heterocycles. The molecule has 30 heavy (non-hydrogen) atoms. The zero-order chi connectivity index (χ0) is 21.6. The van der Waals surface area contributed by atoms with Gasteiger partial charge >= 0.3 is 0 Å². The van der Waals surface area contributed by atoms with Crippen molar-refractivity contribution in [3.63, 3.8) is 0 Å². The number of amides is 2. The van der Waals surface area contributed by atoms with Crippen molar-refractivity contribution in [2.45, 2.75) is 19.3 Å². The smallest absolute Gasteiger partial charge is 0.254 e. The molecule has 154 valence electrons. The predicted octanol–water partition coefficient (Wildman–Crippen LogP) is 4.66. The third kappa shape index (κ3) is 3.64. The number of aromatic nitrogens is 2. The lowest BCUT2D eigenvalue weighted by atomic mass is 9.83. The minimum atomic E-state index is -0.861. The number of hydrogen-bond donors (Lipinski definition) is 3. The van der Waals surface area contributed by atoms with Gasteiger partial charge in [-0.1, -0.05) is 29.3 Å². The monoisotopic (exact) mass is 450 g/mol. The van der Waals surface area contributed by atoms with Crippen LogP contribution >= 0.6 is 23.2 Å². The molecule has 0 spiro atoms. The van der Waals surface area contributed by atoms with E-state index >= 15 is 0 Å². The van der Waals surface area contributed by atoms with Crippen molar-refractivity contribution in [3.05, 3.63) is 69.0 Å².